The van der Waals surface area contributed by atoms with Crippen molar-refractivity contribution in [3.63, 3.8) is 0 Å². The number of urea groups is 2. The van der Waals surface area contributed by atoms with Crippen LogP contribution in [0.25, 0.3) is 0 Å². The summed E-state index contributed by atoms with van der Waals surface area (Å²) in [6, 6.07) is 10.7. The van der Waals surface area contributed by atoms with Crippen molar-refractivity contribution in [2.24, 2.45) is 5.92 Å². The number of amides is 5. The number of likely N-dealkylation sites (N-methyl/N-ethyl adjacent to an activating group) is 1. The molecule has 11 nitrogen and oxygen atoms in total. The van der Waals surface area contributed by atoms with E-state index in [9.17, 15) is 19.5 Å². The minimum atomic E-state index is -0.534. The third-order valence-electron chi connectivity index (χ3n) is 6.50. The van der Waals surface area contributed by atoms with Crippen LogP contribution in [0.1, 0.15) is 38.1 Å². The van der Waals surface area contributed by atoms with Crippen LogP contribution in [-0.4, -0.2) is 84.9 Å². The quantitative estimate of drug-likeness (QED) is 0.404. The van der Waals surface area contributed by atoms with Crippen molar-refractivity contribution < 1.29 is 29.0 Å². The van der Waals surface area contributed by atoms with Crippen molar-refractivity contribution in [3.8, 4) is 11.5 Å². The van der Waals surface area contributed by atoms with E-state index in [-0.39, 0.29) is 48.4 Å². The van der Waals surface area contributed by atoms with E-state index in [0.717, 1.165) is 0 Å². The summed E-state index contributed by atoms with van der Waals surface area (Å²) in [5.41, 5.74) is 1.21. The van der Waals surface area contributed by atoms with Crippen LogP contribution in [0.4, 0.5) is 21.0 Å². The Morgan fingerprint density at radius 3 is 2.46 bits per heavy atom. The zero-order valence-electron chi connectivity index (χ0n) is 23.4. The maximum Gasteiger partial charge on any atom is 0.321 e. The normalized spacial score (nSPS) is 17.7. The third kappa shape index (κ3) is 7.53. The number of benzene rings is 2. The second-order valence-electron chi connectivity index (χ2n) is 10.1. The summed E-state index contributed by atoms with van der Waals surface area (Å²) in [5, 5.41) is 18.3. The molecule has 0 bridgehead atoms. The van der Waals surface area contributed by atoms with Crippen LogP contribution in [0.2, 0.25) is 0 Å². The number of aliphatic hydroxyl groups excluding tert-OH is 1. The summed E-state index contributed by atoms with van der Waals surface area (Å²) in [4.78, 5) is 42.2. The number of para-hydroxylation sites is 1. The van der Waals surface area contributed by atoms with Crippen LogP contribution in [-0.2, 0) is 0 Å². The number of fused-ring (bicyclic) bond motifs is 1. The summed E-state index contributed by atoms with van der Waals surface area (Å²) < 4.78 is 11.6. The average molecular weight is 542 g/mol. The van der Waals surface area contributed by atoms with Gasteiger partial charge in [-0.05, 0) is 57.2 Å². The fourth-order valence-electron chi connectivity index (χ4n) is 4.23. The Labute approximate surface area is 229 Å². The molecule has 0 saturated carbocycles. The monoisotopic (exact) mass is 541 g/mol. The van der Waals surface area contributed by atoms with Gasteiger partial charge in [0, 0.05) is 31.2 Å². The molecule has 0 aliphatic carbocycles. The molecular formula is C28H39N5O6. The number of rotatable bonds is 8. The van der Waals surface area contributed by atoms with Crippen LogP contribution >= 0.6 is 0 Å². The van der Waals surface area contributed by atoms with E-state index in [1.54, 1.807) is 68.4 Å². The van der Waals surface area contributed by atoms with E-state index in [2.05, 4.69) is 16.0 Å². The molecular weight excluding hydrogens is 502 g/mol. The van der Waals surface area contributed by atoms with Gasteiger partial charge in [0.05, 0.1) is 37.6 Å². The van der Waals surface area contributed by atoms with E-state index in [1.807, 2.05) is 20.8 Å². The fraction of sp³-hybridized carbons (Fsp3) is 0.464. The van der Waals surface area contributed by atoms with Gasteiger partial charge >= 0.3 is 12.1 Å². The van der Waals surface area contributed by atoms with Gasteiger partial charge in [-0.15, -0.1) is 0 Å². The van der Waals surface area contributed by atoms with Gasteiger partial charge in [0.2, 0.25) is 0 Å². The first-order valence-electron chi connectivity index (χ1n) is 13.0. The third-order valence-corrected chi connectivity index (χ3v) is 6.50. The Morgan fingerprint density at radius 1 is 1.15 bits per heavy atom. The van der Waals surface area contributed by atoms with Crippen LogP contribution in [0.15, 0.2) is 42.5 Å². The molecule has 1 heterocycles. The number of carbonyl (C=O) groups excluding carboxylic acids is 3. The SMILES string of the molecule is COc1ccc(NC(=O)N(C)C[C@@H]2Oc3c(NC(=O)NC(C)C)cccc3C(=O)N([C@H](C)CO)C[C@H]2C)cc1. The highest BCUT2D eigenvalue weighted by Gasteiger charge is 2.35. The summed E-state index contributed by atoms with van der Waals surface area (Å²) >= 11 is 0. The van der Waals surface area contributed by atoms with E-state index in [1.165, 1.54) is 4.90 Å². The molecule has 3 rings (SSSR count). The number of aliphatic hydroxyl groups is 1. The largest absolute Gasteiger partial charge is 0.497 e. The number of ether oxygens (including phenoxy) is 2. The lowest BCUT2D eigenvalue weighted by molar-refractivity contribution is 0.0373. The number of nitrogens with one attached hydrogen (secondary N) is 3. The summed E-state index contributed by atoms with van der Waals surface area (Å²) in [5.74, 6) is 0.372. The predicted molar refractivity (Wildman–Crippen MR) is 150 cm³/mol. The highest BCUT2D eigenvalue weighted by molar-refractivity contribution is 6.01. The lowest BCUT2D eigenvalue weighted by Crippen LogP contribution is -2.50. The lowest BCUT2D eigenvalue weighted by atomic mass is 9.99. The van der Waals surface area contributed by atoms with Gasteiger partial charge in [0.15, 0.2) is 5.75 Å². The smallest absolute Gasteiger partial charge is 0.321 e. The molecule has 4 N–H and O–H groups in total. The minimum Gasteiger partial charge on any atom is -0.497 e. The number of methoxy groups -OCH3 is 1. The fourth-order valence-corrected chi connectivity index (χ4v) is 4.23. The van der Waals surface area contributed by atoms with Gasteiger partial charge in [-0.25, -0.2) is 9.59 Å². The first-order valence-corrected chi connectivity index (χ1v) is 13.0. The Hall–Kier alpha value is -3.99. The van der Waals surface area contributed by atoms with Crippen molar-refractivity contribution in [1.29, 1.82) is 0 Å². The highest BCUT2D eigenvalue weighted by Crippen LogP contribution is 2.35. The van der Waals surface area contributed by atoms with Gasteiger partial charge in [-0.1, -0.05) is 13.0 Å². The number of nitrogens with zero attached hydrogens (tertiary/aromatic N) is 2. The molecule has 5 amide bonds. The van der Waals surface area contributed by atoms with Gasteiger partial charge < -0.3 is 40.3 Å². The number of hydrogen-bond donors (Lipinski definition) is 4. The Morgan fingerprint density at radius 2 is 1.85 bits per heavy atom. The van der Waals surface area contributed by atoms with E-state index in [0.29, 0.717) is 23.7 Å². The average Bonchev–Trinajstić information content (AvgIpc) is 2.90. The van der Waals surface area contributed by atoms with Gasteiger partial charge in [-0.2, -0.15) is 0 Å². The molecule has 3 atom stereocenters. The van der Waals surface area contributed by atoms with Crippen LogP contribution in [0.3, 0.4) is 0 Å². The zero-order chi connectivity index (χ0) is 28.7. The first-order chi connectivity index (χ1) is 18.5. The van der Waals surface area contributed by atoms with Crippen LogP contribution in [0, 0.1) is 5.92 Å². The molecule has 0 saturated heterocycles. The number of anilines is 2. The highest BCUT2D eigenvalue weighted by atomic mass is 16.5. The summed E-state index contributed by atoms with van der Waals surface area (Å²) in [6.07, 6.45) is -0.534. The Kier molecular flexibility index (Phi) is 10.00. The van der Waals surface area contributed by atoms with Gasteiger partial charge in [-0.3, -0.25) is 4.79 Å². The molecule has 39 heavy (non-hydrogen) atoms. The molecule has 0 fully saturated rings. The molecule has 0 aromatic heterocycles. The molecule has 1 aliphatic rings. The summed E-state index contributed by atoms with van der Waals surface area (Å²) in [7, 11) is 3.23. The van der Waals surface area contributed by atoms with Gasteiger partial charge in [0.25, 0.3) is 5.91 Å². The molecule has 2 aromatic rings. The van der Waals surface area contributed by atoms with Crippen molar-refractivity contribution in [1.82, 2.24) is 15.1 Å². The second-order valence-corrected chi connectivity index (χ2v) is 10.1. The minimum absolute atomic E-state index is 0.0930. The van der Waals surface area contributed by atoms with Gasteiger partial charge in [0.1, 0.15) is 11.9 Å². The van der Waals surface area contributed by atoms with E-state index >= 15 is 0 Å². The molecule has 11 heteroatoms. The van der Waals surface area contributed by atoms with E-state index in [4.69, 9.17) is 9.47 Å². The van der Waals surface area contributed by atoms with E-state index < -0.39 is 18.2 Å². The molecule has 1 aliphatic heterocycles. The van der Waals surface area contributed by atoms with Crippen molar-refractivity contribution >= 4 is 29.3 Å². The maximum absolute atomic E-state index is 13.6. The molecule has 2 aromatic carbocycles. The summed E-state index contributed by atoms with van der Waals surface area (Å²) in [6.45, 7) is 7.68. The van der Waals surface area contributed by atoms with Crippen LogP contribution < -0.4 is 25.4 Å². The predicted octanol–water partition coefficient (Wildman–Crippen LogP) is 3.61. The van der Waals surface area contributed by atoms with Crippen molar-refractivity contribution in [2.75, 3.05) is 44.5 Å². The lowest BCUT2D eigenvalue weighted by Gasteiger charge is -2.38. The van der Waals surface area contributed by atoms with Crippen LogP contribution in [0.5, 0.6) is 11.5 Å². The van der Waals surface area contributed by atoms with Crippen molar-refractivity contribution in [3.05, 3.63) is 48.0 Å². The second kappa shape index (κ2) is 13.2. The Bertz CT molecular complexity index is 1160. The molecule has 212 valence electrons. The molecule has 0 spiro atoms. The molecule has 0 unspecified atom stereocenters. The van der Waals surface area contributed by atoms with Crippen molar-refractivity contribution in [2.45, 2.75) is 45.9 Å². The number of hydrogen-bond acceptors (Lipinski definition) is 6. The number of carbonyl (C=O) groups is 3. The zero-order valence-corrected chi connectivity index (χ0v) is 23.4. The molecule has 0 radical (unpaired) electrons. The topological polar surface area (TPSA) is 132 Å². The maximum atomic E-state index is 13.6. The first kappa shape index (κ1) is 29.6. The Balaban J connectivity index is 1.90. The standard InChI is InChI=1S/C28H39N5O6/c1-17(2)29-27(36)31-23-9-7-8-22-25(23)39-24(18(3)14-33(26(22)35)19(4)16-34)15-32(5)28(37)30-20-10-12-21(38-6)13-11-20/h7-13,17-19,24,34H,14-16H2,1-6H3,(H,30,37)(H2,29,31,36)/t18-,19-,24+/m1/s1.